The maximum atomic E-state index is 2.66. The Kier molecular flexibility index (Phi) is 5.99. The number of quaternary nitrogens is 1. The van der Waals surface area contributed by atoms with Gasteiger partial charge in [0.1, 0.15) is 15.9 Å². The molecule has 2 bridgehead atoms. The highest BCUT2D eigenvalue weighted by Crippen LogP contribution is 2.73. The van der Waals surface area contributed by atoms with Crippen LogP contribution in [-0.2, 0) is 0 Å². The SMILES string of the molecule is C[C@@H]1[C@H]2C[C@@H](C[C@H]1[B-]1[C@@H]([P+](c3ccccc3)(c3ccccc3)c3ccccc3)[C@H](C)[N+]13CCCC3)C2(C)C. The minimum Gasteiger partial charge on any atom is -0.531 e. The molecule has 197 valence electrons. The fourth-order valence-electron chi connectivity index (χ4n) is 10.5. The van der Waals surface area contributed by atoms with Crippen LogP contribution < -0.4 is 15.9 Å². The van der Waals surface area contributed by atoms with Gasteiger partial charge in [0.25, 0.3) is 0 Å². The van der Waals surface area contributed by atoms with Gasteiger partial charge in [-0.1, -0.05) is 87.7 Å². The van der Waals surface area contributed by atoms with Crippen LogP contribution in [0.4, 0.5) is 0 Å². The van der Waals surface area contributed by atoms with Crippen LogP contribution in [0.2, 0.25) is 5.82 Å². The minimum absolute atomic E-state index is 0.543. The molecule has 0 unspecified atom stereocenters. The predicted molar refractivity (Wildman–Crippen MR) is 166 cm³/mol. The second-order valence-corrected chi connectivity index (χ2v) is 17.4. The number of hydrogen-bond acceptors (Lipinski definition) is 0. The van der Waals surface area contributed by atoms with Crippen molar-refractivity contribution in [2.75, 3.05) is 13.1 Å². The van der Waals surface area contributed by atoms with Crippen molar-refractivity contribution in [3.63, 3.8) is 0 Å². The molecule has 0 aromatic heterocycles. The summed E-state index contributed by atoms with van der Waals surface area (Å²) in [5.41, 5.74) is 1.24. The maximum absolute atomic E-state index is 2.66. The van der Waals surface area contributed by atoms with Crippen molar-refractivity contribution in [1.82, 2.24) is 0 Å². The first kappa shape index (κ1) is 25.1. The van der Waals surface area contributed by atoms with Gasteiger partial charge in [-0.25, -0.2) is 0 Å². The molecule has 5 aliphatic rings. The van der Waals surface area contributed by atoms with E-state index in [0.717, 1.165) is 30.4 Å². The third-order valence-corrected chi connectivity index (χ3v) is 17.4. The van der Waals surface area contributed by atoms with E-state index in [2.05, 4.69) is 119 Å². The van der Waals surface area contributed by atoms with Gasteiger partial charge in [-0.15, -0.1) is 5.82 Å². The van der Waals surface area contributed by atoms with Gasteiger partial charge in [-0.2, -0.15) is 0 Å². The van der Waals surface area contributed by atoms with Crippen LogP contribution in [0.25, 0.3) is 0 Å². The lowest BCUT2D eigenvalue weighted by Crippen LogP contribution is -2.84. The van der Waals surface area contributed by atoms with Crippen LogP contribution in [0.15, 0.2) is 91.0 Å². The van der Waals surface area contributed by atoms with E-state index >= 15 is 0 Å². The van der Waals surface area contributed by atoms with E-state index in [0.29, 0.717) is 17.0 Å². The maximum Gasteiger partial charge on any atom is 0.186 e. The Hall–Kier alpha value is -1.89. The van der Waals surface area contributed by atoms with Gasteiger partial charge in [0.05, 0.1) is 13.3 Å². The van der Waals surface area contributed by atoms with Gasteiger partial charge in [-0.3, -0.25) is 0 Å². The molecule has 3 heteroatoms. The van der Waals surface area contributed by atoms with E-state index in [1.807, 2.05) is 0 Å². The summed E-state index contributed by atoms with van der Waals surface area (Å²) in [4.78, 5) is 0. The van der Waals surface area contributed by atoms with E-state index in [1.54, 1.807) is 15.9 Å². The van der Waals surface area contributed by atoms with Gasteiger partial charge >= 0.3 is 0 Å². The molecule has 3 aromatic carbocycles. The van der Waals surface area contributed by atoms with Crippen molar-refractivity contribution in [1.29, 1.82) is 0 Å². The van der Waals surface area contributed by atoms with Gasteiger partial charge in [0, 0.05) is 18.6 Å². The summed E-state index contributed by atoms with van der Waals surface area (Å²) in [7, 11) is -1.89. The Morgan fingerprint density at radius 2 is 1.18 bits per heavy atom. The van der Waals surface area contributed by atoms with Gasteiger partial charge in [-0.05, 0) is 79.8 Å². The van der Waals surface area contributed by atoms with Crippen LogP contribution in [0, 0.1) is 23.2 Å². The average Bonchev–Trinajstić information content (AvgIpc) is 3.48. The van der Waals surface area contributed by atoms with Crippen molar-refractivity contribution in [3.05, 3.63) is 91.0 Å². The molecule has 2 heterocycles. The number of fused-ring (bicyclic) bond motifs is 2. The first-order valence-corrected chi connectivity index (χ1v) is 17.2. The third-order valence-electron chi connectivity index (χ3n) is 12.4. The molecule has 2 aliphatic heterocycles. The summed E-state index contributed by atoms with van der Waals surface area (Å²) in [6.07, 6.45) is 5.77. The normalized spacial score (nSPS) is 33.5. The smallest absolute Gasteiger partial charge is 0.186 e. The number of hydrogen-bond donors (Lipinski definition) is 0. The van der Waals surface area contributed by atoms with Gasteiger partial charge in [0.2, 0.25) is 0 Å². The summed E-state index contributed by atoms with van der Waals surface area (Å²) in [6, 6.07) is 36.0. The summed E-state index contributed by atoms with van der Waals surface area (Å²) in [6.45, 7) is 14.1. The summed E-state index contributed by atoms with van der Waals surface area (Å²) in [5.74, 6) is 3.51. The monoisotopic (exact) mass is 521 g/mol. The molecule has 8 rings (SSSR count). The number of nitrogens with zero attached hydrogens (tertiary/aromatic N) is 1. The first-order chi connectivity index (χ1) is 18.4. The second-order valence-electron chi connectivity index (χ2n) is 13.8. The fourth-order valence-corrected chi connectivity index (χ4v) is 16.2. The minimum atomic E-state index is -1.89. The quantitative estimate of drug-likeness (QED) is 0.251. The van der Waals surface area contributed by atoms with Crippen LogP contribution in [0.5, 0.6) is 0 Å². The van der Waals surface area contributed by atoms with Crippen molar-refractivity contribution in [2.24, 2.45) is 23.2 Å². The van der Waals surface area contributed by atoms with Crippen molar-refractivity contribution in [3.8, 4) is 0 Å². The Bertz CT molecular complexity index is 1170. The van der Waals surface area contributed by atoms with E-state index in [4.69, 9.17) is 0 Å². The highest BCUT2D eigenvalue weighted by atomic mass is 31.2. The largest absolute Gasteiger partial charge is 0.531 e. The molecule has 1 radical (unpaired) electrons. The lowest BCUT2D eigenvalue weighted by Gasteiger charge is -2.76. The Balaban J connectivity index is 1.46. The van der Waals surface area contributed by atoms with E-state index in [1.165, 1.54) is 43.2 Å². The molecule has 38 heavy (non-hydrogen) atoms. The lowest BCUT2D eigenvalue weighted by atomic mass is 9.27. The first-order valence-electron chi connectivity index (χ1n) is 15.3. The Labute approximate surface area is 232 Å². The van der Waals surface area contributed by atoms with Crippen LogP contribution in [0.1, 0.15) is 53.4 Å². The second kappa shape index (κ2) is 9.07. The molecule has 0 N–H and O–H groups in total. The standard InChI is InChI=1S/C35H45BNP/c1-26-32-24-28(35(32,3)4)25-33(26)36-34(27(2)37(36)22-14-15-23-37)38(29-16-8-5-9-17-29,30-18-10-6-11-19-30)31-20-12-7-13-21-31/h5-13,16-21,26-28,32-34H,14-15,22-25H2,1-4H3/q+1/t26-,27+,28+,32-,33-,34+/m1/s1. The zero-order valence-corrected chi connectivity index (χ0v) is 24.7. The average molecular weight is 522 g/mol. The molecule has 3 aliphatic carbocycles. The van der Waals surface area contributed by atoms with Crippen LogP contribution in [-0.4, -0.2) is 35.9 Å². The molecule has 2 saturated heterocycles. The molecule has 5 fully saturated rings. The van der Waals surface area contributed by atoms with Crippen molar-refractivity contribution >= 4 is 30.0 Å². The molecule has 3 saturated carbocycles. The van der Waals surface area contributed by atoms with E-state index in [-0.39, 0.29) is 0 Å². The zero-order valence-electron chi connectivity index (χ0n) is 23.8. The molecule has 1 nitrogen and oxygen atoms in total. The van der Waals surface area contributed by atoms with Crippen LogP contribution >= 0.6 is 7.26 Å². The lowest BCUT2D eigenvalue weighted by molar-refractivity contribution is -0.863. The molecule has 1 spiro atoms. The van der Waals surface area contributed by atoms with E-state index in [9.17, 15) is 0 Å². The highest BCUT2D eigenvalue weighted by Gasteiger charge is 2.71. The fraction of sp³-hybridized carbons (Fsp3) is 0.486. The Morgan fingerprint density at radius 1 is 0.711 bits per heavy atom. The van der Waals surface area contributed by atoms with Crippen molar-refractivity contribution in [2.45, 2.75) is 70.8 Å². The molecular weight excluding hydrogens is 476 g/mol. The summed E-state index contributed by atoms with van der Waals surface area (Å²) in [5, 5.41) is 4.76. The Morgan fingerprint density at radius 3 is 1.61 bits per heavy atom. The topological polar surface area (TPSA) is 0 Å². The molecular formula is C35H45BNP+. The zero-order chi connectivity index (χ0) is 26.1. The van der Waals surface area contributed by atoms with Gasteiger partial charge < -0.3 is 4.39 Å². The van der Waals surface area contributed by atoms with Gasteiger partial charge in [0.15, 0.2) is 6.85 Å². The van der Waals surface area contributed by atoms with Crippen LogP contribution in [0.3, 0.4) is 0 Å². The summed E-state index contributed by atoms with van der Waals surface area (Å²) < 4.78 is 1.41. The summed E-state index contributed by atoms with van der Waals surface area (Å²) >= 11 is 0. The number of rotatable bonds is 5. The number of benzene rings is 3. The van der Waals surface area contributed by atoms with E-state index < -0.39 is 7.26 Å². The molecule has 3 aromatic rings. The predicted octanol–water partition coefficient (Wildman–Crippen LogP) is 6.96. The highest BCUT2D eigenvalue weighted by molar-refractivity contribution is 7.97. The van der Waals surface area contributed by atoms with Crippen molar-refractivity contribution < 1.29 is 4.39 Å². The third kappa shape index (κ3) is 3.26. The molecule has 0 amide bonds. The molecule has 6 atom stereocenters.